The number of ether oxygens (including phenoxy) is 1. The summed E-state index contributed by atoms with van der Waals surface area (Å²) in [5.74, 6) is 3.44. The minimum atomic E-state index is -0.168. The summed E-state index contributed by atoms with van der Waals surface area (Å²) in [6.07, 6.45) is 5.15. The molecule has 3 rings (SSSR count). The number of carbonyl (C=O) groups is 2. The predicted molar refractivity (Wildman–Crippen MR) is 70.2 cm³/mol. The molecule has 0 aliphatic heterocycles. The number of rotatable bonds is 6. The molecule has 3 fully saturated rings. The smallest absolute Gasteiger partial charge is 0.305 e. The molecule has 1 N–H and O–H groups in total. The first kappa shape index (κ1) is 12.9. The van der Waals surface area contributed by atoms with Crippen molar-refractivity contribution >= 4 is 11.9 Å². The minimum absolute atomic E-state index is 0.168. The lowest BCUT2D eigenvalue weighted by Crippen LogP contribution is -2.28. The normalized spacial score (nSPS) is 37.8. The molecule has 2 bridgehead atoms. The van der Waals surface area contributed by atoms with Crippen molar-refractivity contribution in [1.82, 2.24) is 5.32 Å². The molecular formula is C15H23NO3. The number of nitrogens with one attached hydrogen (secondary N) is 1. The van der Waals surface area contributed by atoms with E-state index in [1.165, 1.54) is 19.3 Å². The van der Waals surface area contributed by atoms with Crippen LogP contribution in [0.1, 0.15) is 39.0 Å². The number of amides is 1. The summed E-state index contributed by atoms with van der Waals surface area (Å²) in [6, 6.07) is 0. The van der Waals surface area contributed by atoms with Crippen molar-refractivity contribution in [2.45, 2.75) is 39.0 Å². The number of hydrogen-bond donors (Lipinski definition) is 1. The molecule has 1 amide bonds. The van der Waals surface area contributed by atoms with E-state index >= 15 is 0 Å². The van der Waals surface area contributed by atoms with Crippen molar-refractivity contribution in [3.63, 3.8) is 0 Å². The van der Waals surface area contributed by atoms with Crippen LogP contribution < -0.4 is 5.32 Å². The third-order valence-electron chi connectivity index (χ3n) is 5.20. The van der Waals surface area contributed by atoms with E-state index in [1.54, 1.807) is 6.92 Å². The summed E-state index contributed by atoms with van der Waals surface area (Å²) in [7, 11) is 0. The van der Waals surface area contributed by atoms with Gasteiger partial charge >= 0.3 is 5.97 Å². The molecule has 0 aromatic carbocycles. The fourth-order valence-electron chi connectivity index (χ4n) is 4.47. The molecule has 0 saturated heterocycles. The second kappa shape index (κ2) is 5.14. The molecule has 19 heavy (non-hydrogen) atoms. The van der Waals surface area contributed by atoms with Crippen LogP contribution >= 0.6 is 0 Å². The Morgan fingerprint density at radius 1 is 1.21 bits per heavy atom. The third kappa shape index (κ3) is 2.37. The van der Waals surface area contributed by atoms with Crippen molar-refractivity contribution in [2.24, 2.45) is 29.6 Å². The molecular weight excluding hydrogens is 242 g/mol. The highest BCUT2D eigenvalue weighted by Gasteiger charge is 2.67. The molecule has 3 saturated carbocycles. The maximum absolute atomic E-state index is 12.1. The summed E-state index contributed by atoms with van der Waals surface area (Å²) in [5, 5.41) is 2.99. The van der Waals surface area contributed by atoms with Crippen molar-refractivity contribution in [3.8, 4) is 0 Å². The quantitative estimate of drug-likeness (QED) is 0.588. The Hall–Kier alpha value is -1.06. The van der Waals surface area contributed by atoms with E-state index in [0.29, 0.717) is 43.7 Å². The van der Waals surface area contributed by atoms with E-state index in [2.05, 4.69) is 5.32 Å². The van der Waals surface area contributed by atoms with Gasteiger partial charge in [-0.05, 0) is 56.3 Å². The van der Waals surface area contributed by atoms with Crippen molar-refractivity contribution in [3.05, 3.63) is 0 Å². The molecule has 3 aliphatic carbocycles. The highest BCUT2D eigenvalue weighted by atomic mass is 16.5. The maximum atomic E-state index is 12.1. The van der Waals surface area contributed by atoms with E-state index in [-0.39, 0.29) is 11.9 Å². The average molecular weight is 265 g/mol. The number of fused-ring (bicyclic) bond motifs is 5. The zero-order valence-corrected chi connectivity index (χ0v) is 11.6. The van der Waals surface area contributed by atoms with E-state index in [9.17, 15) is 9.59 Å². The highest BCUT2D eigenvalue weighted by molar-refractivity contribution is 5.82. The number of carbonyl (C=O) groups excluding carboxylic acids is 2. The molecule has 4 heteroatoms. The Balaban J connectivity index is 1.34. The monoisotopic (exact) mass is 265 g/mol. The van der Waals surface area contributed by atoms with Crippen molar-refractivity contribution < 1.29 is 14.3 Å². The first-order chi connectivity index (χ1) is 9.22. The lowest BCUT2D eigenvalue weighted by Gasteiger charge is -2.09. The van der Waals surface area contributed by atoms with Gasteiger partial charge in [-0.1, -0.05) is 0 Å². The summed E-state index contributed by atoms with van der Waals surface area (Å²) < 4.78 is 4.85. The third-order valence-corrected chi connectivity index (χ3v) is 5.20. The SMILES string of the molecule is CCOC(=O)CCCNC(=O)C1C2C3CCC(C3)C12. The van der Waals surface area contributed by atoms with E-state index in [4.69, 9.17) is 4.74 Å². The molecule has 106 valence electrons. The molecule has 4 nitrogen and oxygen atoms in total. The zero-order valence-electron chi connectivity index (χ0n) is 11.6. The van der Waals surface area contributed by atoms with Gasteiger partial charge in [-0.2, -0.15) is 0 Å². The van der Waals surface area contributed by atoms with Crippen LogP contribution in [-0.2, 0) is 14.3 Å². The van der Waals surface area contributed by atoms with Crippen LogP contribution in [-0.4, -0.2) is 25.0 Å². The zero-order chi connectivity index (χ0) is 13.4. The van der Waals surface area contributed by atoms with Crippen LogP contribution in [0.15, 0.2) is 0 Å². The molecule has 0 radical (unpaired) electrons. The molecule has 0 aromatic rings. The van der Waals surface area contributed by atoms with Crippen LogP contribution in [0.25, 0.3) is 0 Å². The van der Waals surface area contributed by atoms with Crippen LogP contribution in [0.4, 0.5) is 0 Å². The molecule has 0 spiro atoms. The van der Waals surface area contributed by atoms with E-state index in [0.717, 1.165) is 11.8 Å². The first-order valence-electron chi connectivity index (χ1n) is 7.65. The Morgan fingerprint density at radius 2 is 1.89 bits per heavy atom. The topological polar surface area (TPSA) is 55.4 Å². The van der Waals surface area contributed by atoms with Crippen molar-refractivity contribution in [1.29, 1.82) is 0 Å². The molecule has 3 aliphatic rings. The summed E-state index contributed by atoms with van der Waals surface area (Å²) >= 11 is 0. The Kier molecular flexibility index (Phi) is 3.50. The van der Waals surface area contributed by atoms with Gasteiger partial charge in [0.15, 0.2) is 0 Å². The predicted octanol–water partition coefficient (Wildman–Crippen LogP) is 1.74. The van der Waals surface area contributed by atoms with Gasteiger partial charge < -0.3 is 10.1 Å². The molecule has 0 heterocycles. The van der Waals surface area contributed by atoms with Gasteiger partial charge in [-0.15, -0.1) is 0 Å². The number of hydrogen-bond acceptors (Lipinski definition) is 3. The van der Waals surface area contributed by atoms with Gasteiger partial charge in [0.2, 0.25) is 5.91 Å². The largest absolute Gasteiger partial charge is 0.466 e. The van der Waals surface area contributed by atoms with Crippen LogP contribution in [0.3, 0.4) is 0 Å². The highest BCUT2D eigenvalue weighted by Crippen LogP contribution is 2.69. The molecule has 4 unspecified atom stereocenters. The Bertz CT molecular complexity index is 366. The molecule has 4 atom stereocenters. The van der Waals surface area contributed by atoms with Crippen LogP contribution in [0.2, 0.25) is 0 Å². The molecule has 0 aromatic heterocycles. The van der Waals surface area contributed by atoms with Gasteiger partial charge in [-0.3, -0.25) is 9.59 Å². The van der Waals surface area contributed by atoms with Gasteiger partial charge in [-0.25, -0.2) is 0 Å². The maximum Gasteiger partial charge on any atom is 0.305 e. The fourth-order valence-corrected chi connectivity index (χ4v) is 4.47. The summed E-state index contributed by atoms with van der Waals surface area (Å²) in [6.45, 7) is 2.84. The van der Waals surface area contributed by atoms with Crippen LogP contribution in [0, 0.1) is 29.6 Å². The standard InChI is InChI=1S/C15H23NO3/c1-2-19-11(17)4-3-7-16-15(18)14-12-9-5-6-10(8-9)13(12)14/h9-10,12-14H,2-8H2,1H3,(H,16,18). The summed E-state index contributed by atoms with van der Waals surface area (Å²) in [4.78, 5) is 23.2. The summed E-state index contributed by atoms with van der Waals surface area (Å²) in [5.41, 5.74) is 0. The van der Waals surface area contributed by atoms with E-state index in [1.807, 2.05) is 0 Å². The van der Waals surface area contributed by atoms with Gasteiger partial charge in [0, 0.05) is 18.9 Å². The fraction of sp³-hybridized carbons (Fsp3) is 0.867. The second-order valence-electron chi connectivity index (χ2n) is 6.21. The van der Waals surface area contributed by atoms with Crippen molar-refractivity contribution in [2.75, 3.05) is 13.2 Å². The van der Waals surface area contributed by atoms with E-state index < -0.39 is 0 Å². The number of esters is 1. The average Bonchev–Trinajstić information content (AvgIpc) is 2.84. The van der Waals surface area contributed by atoms with Gasteiger partial charge in [0.05, 0.1) is 6.61 Å². The first-order valence-corrected chi connectivity index (χ1v) is 7.65. The van der Waals surface area contributed by atoms with Gasteiger partial charge in [0.25, 0.3) is 0 Å². The Morgan fingerprint density at radius 3 is 2.53 bits per heavy atom. The Labute approximate surface area is 114 Å². The lowest BCUT2D eigenvalue weighted by molar-refractivity contribution is -0.143. The lowest BCUT2D eigenvalue weighted by atomic mass is 10.0. The van der Waals surface area contributed by atoms with Gasteiger partial charge in [0.1, 0.15) is 0 Å². The minimum Gasteiger partial charge on any atom is -0.466 e. The van der Waals surface area contributed by atoms with Crippen LogP contribution in [0.5, 0.6) is 0 Å². The second-order valence-corrected chi connectivity index (χ2v) is 6.21.